The molecule has 2 aromatic heterocycles. The van der Waals surface area contributed by atoms with Crippen LogP contribution in [0.1, 0.15) is 24.0 Å². The third-order valence-corrected chi connectivity index (χ3v) is 4.35. The smallest absolute Gasteiger partial charge is 0.224 e. The van der Waals surface area contributed by atoms with E-state index in [0.29, 0.717) is 17.0 Å². The van der Waals surface area contributed by atoms with Gasteiger partial charge in [-0.3, -0.25) is 4.57 Å². The average Bonchev–Trinajstić information content (AvgIpc) is 3.20. The van der Waals surface area contributed by atoms with Gasteiger partial charge in [-0.1, -0.05) is 24.1 Å². The van der Waals surface area contributed by atoms with Crippen LogP contribution in [0.25, 0.3) is 11.2 Å². The minimum absolute atomic E-state index is 0.000900. The Bertz CT molecular complexity index is 1040. The predicted molar refractivity (Wildman–Crippen MR) is 98.2 cm³/mol. The van der Waals surface area contributed by atoms with E-state index in [-0.39, 0.29) is 24.8 Å². The molecular formula is C18H18N6O3. The fourth-order valence-electron chi connectivity index (χ4n) is 3.06. The molecule has 0 spiro atoms. The van der Waals surface area contributed by atoms with E-state index in [1.807, 2.05) is 30.3 Å². The molecule has 1 aliphatic heterocycles. The van der Waals surface area contributed by atoms with Gasteiger partial charge in [0.1, 0.15) is 12.3 Å². The lowest BCUT2D eigenvalue weighted by Gasteiger charge is -2.15. The lowest BCUT2D eigenvalue weighted by molar-refractivity contribution is -0.0434. The summed E-state index contributed by atoms with van der Waals surface area (Å²) in [6, 6.07) is 9.44. The van der Waals surface area contributed by atoms with Crippen molar-refractivity contribution in [2.45, 2.75) is 24.9 Å². The zero-order valence-electron chi connectivity index (χ0n) is 14.3. The van der Waals surface area contributed by atoms with E-state index < -0.39 is 18.4 Å². The molecule has 27 heavy (non-hydrogen) atoms. The Hall–Kier alpha value is -3.19. The van der Waals surface area contributed by atoms with E-state index in [9.17, 15) is 10.2 Å². The lowest BCUT2D eigenvalue weighted by Crippen LogP contribution is -2.24. The molecule has 138 valence electrons. The first kappa shape index (κ1) is 17.2. The summed E-state index contributed by atoms with van der Waals surface area (Å²) < 4.78 is 7.40. The summed E-state index contributed by atoms with van der Waals surface area (Å²) in [5, 5.41) is 19.5. The number of aliphatic hydroxyl groups is 2. The van der Waals surface area contributed by atoms with Crippen LogP contribution in [-0.4, -0.2) is 48.5 Å². The van der Waals surface area contributed by atoms with E-state index in [2.05, 4.69) is 26.8 Å². The van der Waals surface area contributed by atoms with Gasteiger partial charge in [0.25, 0.3) is 0 Å². The number of nitrogen functional groups attached to an aromatic ring is 2. The van der Waals surface area contributed by atoms with Crippen molar-refractivity contribution < 1.29 is 14.9 Å². The highest BCUT2D eigenvalue weighted by atomic mass is 16.5. The van der Waals surface area contributed by atoms with Crippen LogP contribution in [0.5, 0.6) is 0 Å². The van der Waals surface area contributed by atoms with Crippen molar-refractivity contribution in [3.63, 3.8) is 0 Å². The van der Waals surface area contributed by atoms with Crippen molar-refractivity contribution in [1.82, 2.24) is 19.5 Å². The molecule has 1 aromatic carbocycles. The first-order valence-corrected chi connectivity index (χ1v) is 8.39. The fraction of sp³-hybridized carbons (Fsp3) is 0.278. The van der Waals surface area contributed by atoms with Crippen LogP contribution in [-0.2, 0) is 4.74 Å². The largest absolute Gasteiger partial charge is 0.394 e. The van der Waals surface area contributed by atoms with Gasteiger partial charge >= 0.3 is 0 Å². The molecule has 4 rings (SSSR count). The number of anilines is 2. The summed E-state index contributed by atoms with van der Waals surface area (Å²) in [5.74, 6) is 6.53. The number of fused-ring (bicyclic) bond motifs is 1. The van der Waals surface area contributed by atoms with Crippen molar-refractivity contribution in [1.29, 1.82) is 0 Å². The monoisotopic (exact) mass is 366 g/mol. The Balaban J connectivity index is 1.86. The highest BCUT2D eigenvalue weighted by Crippen LogP contribution is 2.33. The Morgan fingerprint density at radius 2 is 1.93 bits per heavy atom. The number of aromatic nitrogens is 4. The minimum Gasteiger partial charge on any atom is -0.394 e. The summed E-state index contributed by atoms with van der Waals surface area (Å²) in [4.78, 5) is 12.6. The van der Waals surface area contributed by atoms with Crippen LogP contribution in [0, 0.1) is 11.8 Å². The first-order valence-electron chi connectivity index (χ1n) is 8.39. The summed E-state index contributed by atoms with van der Waals surface area (Å²) in [6.45, 7) is -0.297. The number of hydrogen-bond donors (Lipinski definition) is 4. The van der Waals surface area contributed by atoms with Crippen molar-refractivity contribution >= 4 is 22.9 Å². The maximum absolute atomic E-state index is 10.1. The second kappa shape index (κ2) is 6.85. The predicted octanol–water partition coefficient (Wildman–Crippen LogP) is 0.0312. The summed E-state index contributed by atoms with van der Waals surface area (Å²) in [6.07, 6.45) is -1.88. The third-order valence-electron chi connectivity index (χ3n) is 4.35. The lowest BCUT2D eigenvalue weighted by atomic mass is 10.2. The number of nitrogens with two attached hydrogens (primary N) is 2. The van der Waals surface area contributed by atoms with Gasteiger partial charge < -0.3 is 26.4 Å². The Morgan fingerprint density at radius 1 is 1.15 bits per heavy atom. The molecule has 9 heteroatoms. The zero-order valence-corrected chi connectivity index (χ0v) is 14.3. The topological polar surface area (TPSA) is 145 Å². The average molecular weight is 366 g/mol. The Morgan fingerprint density at radius 3 is 2.63 bits per heavy atom. The van der Waals surface area contributed by atoms with Gasteiger partial charge in [0.05, 0.1) is 12.7 Å². The van der Waals surface area contributed by atoms with Crippen LogP contribution in [0.15, 0.2) is 30.3 Å². The SMILES string of the molecule is Nc1nc(N)c2nc(C#Cc3ccccc3)n(C3CC(O)C(CO)O3)c2n1. The maximum atomic E-state index is 10.1. The maximum Gasteiger partial charge on any atom is 0.224 e. The molecule has 1 fully saturated rings. The van der Waals surface area contributed by atoms with E-state index >= 15 is 0 Å². The third kappa shape index (κ3) is 3.17. The van der Waals surface area contributed by atoms with Crippen LogP contribution in [0.3, 0.4) is 0 Å². The molecule has 9 nitrogen and oxygen atoms in total. The molecule has 0 amide bonds. The number of ether oxygens (including phenoxy) is 1. The van der Waals surface area contributed by atoms with Gasteiger partial charge in [-0.2, -0.15) is 9.97 Å². The molecule has 6 N–H and O–H groups in total. The molecule has 0 bridgehead atoms. The normalized spacial score (nSPS) is 21.9. The van der Waals surface area contributed by atoms with Gasteiger partial charge in [-0.25, -0.2) is 4.98 Å². The molecule has 0 radical (unpaired) electrons. The van der Waals surface area contributed by atoms with Gasteiger partial charge in [0, 0.05) is 12.0 Å². The second-order valence-corrected chi connectivity index (χ2v) is 6.18. The number of benzene rings is 1. The van der Waals surface area contributed by atoms with Crippen LogP contribution >= 0.6 is 0 Å². The van der Waals surface area contributed by atoms with Crippen molar-refractivity contribution in [2.75, 3.05) is 18.1 Å². The summed E-state index contributed by atoms with van der Waals surface area (Å²) >= 11 is 0. The molecule has 3 atom stereocenters. The first-order chi connectivity index (χ1) is 13.1. The van der Waals surface area contributed by atoms with Gasteiger partial charge in [0.15, 0.2) is 22.8 Å². The number of imidazole rings is 1. The van der Waals surface area contributed by atoms with Crippen LogP contribution < -0.4 is 11.5 Å². The quantitative estimate of drug-likeness (QED) is 0.465. The van der Waals surface area contributed by atoms with Gasteiger partial charge in [0.2, 0.25) is 5.95 Å². The van der Waals surface area contributed by atoms with Crippen molar-refractivity contribution in [3.05, 3.63) is 41.7 Å². The van der Waals surface area contributed by atoms with Crippen molar-refractivity contribution in [2.24, 2.45) is 0 Å². The number of aliphatic hydroxyl groups excluding tert-OH is 2. The molecule has 1 aliphatic rings. The molecule has 0 saturated carbocycles. The molecule has 1 saturated heterocycles. The van der Waals surface area contributed by atoms with E-state index in [0.717, 1.165) is 5.56 Å². The fourth-order valence-corrected chi connectivity index (χ4v) is 3.06. The molecule has 3 heterocycles. The number of nitrogens with zero attached hydrogens (tertiary/aromatic N) is 4. The standard InChI is InChI=1S/C18H18N6O3/c19-16-15-17(23-18(20)22-16)24(14-8-11(26)12(9-25)27-14)13(21-15)7-6-10-4-2-1-3-5-10/h1-5,11-12,14,25-26H,8-9H2,(H4,19,20,22,23). The molecular weight excluding hydrogens is 348 g/mol. The summed E-state index contributed by atoms with van der Waals surface area (Å²) in [7, 11) is 0. The van der Waals surface area contributed by atoms with Crippen LogP contribution in [0.2, 0.25) is 0 Å². The summed E-state index contributed by atoms with van der Waals surface area (Å²) in [5.41, 5.74) is 13.2. The highest BCUT2D eigenvalue weighted by molar-refractivity contribution is 5.84. The van der Waals surface area contributed by atoms with Crippen molar-refractivity contribution in [3.8, 4) is 11.8 Å². The van der Waals surface area contributed by atoms with E-state index in [1.165, 1.54) is 0 Å². The minimum atomic E-state index is -0.816. The second-order valence-electron chi connectivity index (χ2n) is 6.18. The Kier molecular flexibility index (Phi) is 4.37. The van der Waals surface area contributed by atoms with E-state index in [4.69, 9.17) is 16.2 Å². The molecule has 0 aliphatic carbocycles. The zero-order chi connectivity index (χ0) is 19.0. The number of hydrogen-bond acceptors (Lipinski definition) is 8. The van der Waals surface area contributed by atoms with Crippen LogP contribution in [0.4, 0.5) is 11.8 Å². The molecule has 3 unspecified atom stereocenters. The molecule has 3 aromatic rings. The van der Waals surface area contributed by atoms with E-state index in [1.54, 1.807) is 4.57 Å². The Labute approximate surface area is 154 Å². The van der Waals surface area contributed by atoms with Gasteiger partial charge in [-0.05, 0) is 18.1 Å². The highest BCUT2D eigenvalue weighted by Gasteiger charge is 2.36. The number of rotatable bonds is 2. The van der Waals surface area contributed by atoms with Gasteiger partial charge in [-0.15, -0.1) is 0 Å².